The maximum absolute atomic E-state index is 13.0. The highest BCUT2D eigenvalue weighted by molar-refractivity contribution is 7.09. The Hall–Kier alpha value is -2.83. The molecular weight excluding hydrogens is 396 g/mol. The van der Waals surface area contributed by atoms with Crippen LogP contribution in [0.2, 0.25) is 0 Å². The first-order chi connectivity index (χ1) is 14.7. The van der Waals surface area contributed by atoms with Gasteiger partial charge >= 0.3 is 0 Å². The van der Waals surface area contributed by atoms with E-state index in [4.69, 9.17) is 9.47 Å². The summed E-state index contributed by atoms with van der Waals surface area (Å²) in [7, 11) is 1.68. The van der Waals surface area contributed by atoms with E-state index in [0.29, 0.717) is 12.2 Å². The molecule has 0 N–H and O–H groups in total. The Kier molecular flexibility index (Phi) is 6.67. The molecule has 30 heavy (non-hydrogen) atoms. The molecule has 0 radical (unpaired) electrons. The van der Waals surface area contributed by atoms with Gasteiger partial charge < -0.3 is 14.4 Å². The fraction of sp³-hybridized carbons (Fsp3) is 0.292. The number of carbonyl (C=O) groups is 1. The largest absolute Gasteiger partial charge is 0.497 e. The molecule has 3 aromatic rings. The Bertz CT molecular complexity index is 949. The SMILES string of the molecule is COc1ccc(CN2CCN(C(=O)c3cccc(OCc4cccs4)c3)CC2)cc1. The van der Waals surface area contributed by atoms with Crippen molar-refractivity contribution in [1.29, 1.82) is 0 Å². The second-order valence-electron chi connectivity index (χ2n) is 7.31. The van der Waals surface area contributed by atoms with Gasteiger partial charge in [0.1, 0.15) is 18.1 Å². The molecule has 1 amide bonds. The molecular formula is C24H26N2O3S. The van der Waals surface area contributed by atoms with Gasteiger partial charge in [-0.15, -0.1) is 11.3 Å². The molecule has 1 aliphatic heterocycles. The van der Waals surface area contributed by atoms with Gasteiger partial charge in [-0.3, -0.25) is 9.69 Å². The maximum atomic E-state index is 13.0. The predicted molar refractivity (Wildman–Crippen MR) is 119 cm³/mol. The van der Waals surface area contributed by atoms with Crippen LogP contribution in [-0.4, -0.2) is 49.0 Å². The van der Waals surface area contributed by atoms with Crippen LogP contribution in [0.25, 0.3) is 0 Å². The second-order valence-corrected chi connectivity index (χ2v) is 8.34. The summed E-state index contributed by atoms with van der Waals surface area (Å²) in [6, 6.07) is 19.7. The van der Waals surface area contributed by atoms with Crippen molar-refractivity contribution in [2.75, 3.05) is 33.3 Å². The van der Waals surface area contributed by atoms with Gasteiger partial charge in [-0.2, -0.15) is 0 Å². The average Bonchev–Trinajstić information content (AvgIpc) is 3.32. The Labute approximate surface area is 181 Å². The van der Waals surface area contributed by atoms with Gasteiger partial charge in [0.2, 0.25) is 0 Å². The van der Waals surface area contributed by atoms with Crippen LogP contribution in [0, 0.1) is 0 Å². The van der Waals surface area contributed by atoms with Gasteiger partial charge in [0.25, 0.3) is 5.91 Å². The lowest BCUT2D eigenvalue weighted by Gasteiger charge is -2.34. The van der Waals surface area contributed by atoms with Crippen LogP contribution in [0.1, 0.15) is 20.8 Å². The minimum atomic E-state index is 0.0701. The van der Waals surface area contributed by atoms with E-state index in [1.807, 2.05) is 58.8 Å². The molecule has 0 atom stereocenters. The van der Waals surface area contributed by atoms with Crippen LogP contribution in [0.5, 0.6) is 11.5 Å². The molecule has 0 unspecified atom stereocenters. The van der Waals surface area contributed by atoms with E-state index in [9.17, 15) is 4.79 Å². The van der Waals surface area contributed by atoms with E-state index in [1.165, 1.54) is 10.4 Å². The van der Waals surface area contributed by atoms with E-state index >= 15 is 0 Å². The third-order valence-electron chi connectivity index (χ3n) is 5.27. The van der Waals surface area contributed by atoms with Gasteiger partial charge in [-0.25, -0.2) is 0 Å². The van der Waals surface area contributed by atoms with Gasteiger partial charge in [0, 0.05) is 43.2 Å². The molecule has 0 bridgehead atoms. The van der Waals surface area contributed by atoms with Crippen LogP contribution in [0.15, 0.2) is 66.0 Å². The molecule has 4 rings (SSSR count). The zero-order valence-electron chi connectivity index (χ0n) is 17.1. The van der Waals surface area contributed by atoms with Crippen LogP contribution in [0.3, 0.4) is 0 Å². The van der Waals surface area contributed by atoms with Crippen molar-refractivity contribution < 1.29 is 14.3 Å². The van der Waals surface area contributed by atoms with E-state index in [-0.39, 0.29) is 5.91 Å². The second kappa shape index (κ2) is 9.78. The average molecular weight is 423 g/mol. The summed E-state index contributed by atoms with van der Waals surface area (Å²) < 4.78 is 11.1. The third-order valence-corrected chi connectivity index (χ3v) is 6.12. The zero-order valence-corrected chi connectivity index (χ0v) is 17.9. The van der Waals surface area contributed by atoms with Crippen LogP contribution in [-0.2, 0) is 13.2 Å². The van der Waals surface area contributed by atoms with Gasteiger partial charge in [0.15, 0.2) is 0 Å². The summed E-state index contributed by atoms with van der Waals surface area (Å²) >= 11 is 1.67. The van der Waals surface area contributed by atoms with Crippen LogP contribution >= 0.6 is 11.3 Å². The lowest BCUT2D eigenvalue weighted by molar-refractivity contribution is 0.0628. The van der Waals surface area contributed by atoms with Gasteiger partial charge in [-0.1, -0.05) is 24.3 Å². The highest BCUT2D eigenvalue weighted by Crippen LogP contribution is 2.19. The standard InChI is InChI=1S/C24H26N2O3S/c1-28-21-9-7-19(8-10-21)17-25-11-13-26(14-12-25)24(27)20-4-2-5-22(16-20)29-18-23-6-3-15-30-23/h2-10,15-16H,11-14,17-18H2,1H3. The molecule has 6 heteroatoms. The molecule has 1 aliphatic rings. The lowest BCUT2D eigenvalue weighted by atomic mass is 10.1. The Morgan fingerprint density at radius 1 is 0.967 bits per heavy atom. The first kappa shape index (κ1) is 20.4. The van der Waals surface area contributed by atoms with Crippen molar-refractivity contribution in [2.24, 2.45) is 0 Å². The minimum absolute atomic E-state index is 0.0701. The molecule has 5 nitrogen and oxygen atoms in total. The number of amides is 1. The summed E-state index contributed by atoms with van der Waals surface area (Å²) in [5.41, 5.74) is 1.94. The number of hydrogen-bond donors (Lipinski definition) is 0. The summed E-state index contributed by atoms with van der Waals surface area (Å²) in [5, 5.41) is 2.03. The highest BCUT2D eigenvalue weighted by atomic mass is 32.1. The fourth-order valence-electron chi connectivity index (χ4n) is 3.55. The number of nitrogens with zero attached hydrogens (tertiary/aromatic N) is 2. The number of carbonyl (C=O) groups excluding carboxylic acids is 1. The van der Waals surface area contributed by atoms with Crippen molar-refractivity contribution in [3.05, 3.63) is 82.0 Å². The number of thiophene rings is 1. The predicted octanol–water partition coefficient (Wildman–Crippen LogP) is 4.29. The summed E-state index contributed by atoms with van der Waals surface area (Å²) in [4.78, 5) is 18.4. The smallest absolute Gasteiger partial charge is 0.254 e. The third kappa shape index (κ3) is 5.20. The Balaban J connectivity index is 1.29. The Morgan fingerprint density at radius 2 is 1.77 bits per heavy atom. The first-order valence-corrected chi connectivity index (χ1v) is 11.0. The molecule has 2 heterocycles. The molecule has 156 valence electrons. The lowest BCUT2D eigenvalue weighted by Crippen LogP contribution is -2.48. The van der Waals surface area contributed by atoms with Crippen molar-refractivity contribution in [2.45, 2.75) is 13.2 Å². The molecule has 0 saturated carbocycles. The van der Waals surface area contributed by atoms with Crippen molar-refractivity contribution >= 4 is 17.2 Å². The van der Waals surface area contributed by atoms with Crippen molar-refractivity contribution in [3.63, 3.8) is 0 Å². The Morgan fingerprint density at radius 3 is 2.47 bits per heavy atom. The summed E-state index contributed by atoms with van der Waals surface area (Å²) in [6.07, 6.45) is 0. The maximum Gasteiger partial charge on any atom is 0.254 e. The molecule has 1 fully saturated rings. The number of rotatable bonds is 7. The topological polar surface area (TPSA) is 42.0 Å². The quantitative estimate of drug-likeness (QED) is 0.570. The zero-order chi connectivity index (χ0) is 20.8. The van der Waals surface area contributed by atoms with Crippen molar-refractivity contribution in [1.82, 2.24) is 9.80 Å². The number of ether oxygens (including phenoxy) is 2. The normalized spacial score (nSPS) is 14.5. The molecule has 0 aliphatic carbocycles. The van der Waals surface area contributed by atoms with Gasteiger partial charge in [-0.05, 0) is 47.3 Å². The number of hydrogen-bond acceptors (Lipinski definition) is 5. The monoisotopic (exact) mass is 422 g/mol. The fourth-order valence-corrected chi connectivity index (χ4v) is 4.16. The van der Waals surface area contributed by atoms with Crippen molar-refractivity contribution in [3.8, 4) is 11.5 Å². The van der Waals surface area contributed by atoms with E-state index < -0.39 is 0 Å². The molecule has 0 spiro atoms. The first-order valence-electron chi connectivity index (χ1n) is 10.1. The number of benzene rings is 2. The highest BCUT2D eigenvalue weighted by Gasteiger charge is 2.22. The molecule has 1 aromatic heterocycles. The minimum Gasteiger partial charge on any atom is -0.497 e. The van der Waals surface area contributed by atoms with E-state index in [0.717, 1.165) is 44.2 Å². The summed E-state index contributed by atoms with van der Waals surface area (Å²) in [6.45, 7) is 4.61. The van der Waals surface area contributed by atoms with Crippen LogP contribution in [0.4, 0.5) is 0 Å². The molecule has 2 aromatic carbocycles. The van der Waals surface area contributed by atoms with E-state index in [2.05, 4.69) is 17.0 Å². The summed E-state index contributed by atoms with van der Waals surface area (Å²) in [5.74, 6) is 1.67. The molecule has 1 saturated heterocycles. The number of methoxy groups -OCH3 is 1. The van der Waals surface area contributed by atoms with E-state index in [1.54, 1.807) is 18.4 Å². The number of piperazine rings is 1. The van der Waals surface area contributed by atoms with Crippen LogP contribution < -0.4 is 9.47 Å². The van der Waals surface area contributed by atoms with Gasteiger partial charge in [0.05, 0.1) is 7.11 Å².